The van der Waals surface area contributed by atoms with Gasteiger partial charge in [0.1, 0.15) is 11.4 Å². The van der Waals surface area contributed by atoms with Gasteiger partial charge in [-0.05, 0) is 37.6 Å². The first-order valence-electron chi connectivity index (χ1n) is 6.63. The molecule has 0 unspecified atom stereocenters. The van der Waals surface area contributed by atoms with E-state index >= 15 is 0 Å². The molecule has 0 saturated heterocycles. The van der Waals surface area contributed by atoms with E-state index in [9.17, 15) is 9.59 Å². The van der Waals surface area contributed by atoms with Crippen molar-refractivity contribution in [2.75, 3.05) is 6.61 Å². The van der Waals surface area contributed by atoms with Crippen LogP contribution in [0.4, 0.5) is 0 Å². The summed E-state index contributed by atoms with van der Waals surface area (Å²) in [5.74, 6) is -0.243. The highest BCUT2D eigenvalue weighted by Crippen LogP contribution is 2.18. The Morgan fingerprint density at radius 1 is 1.29 bits per heavy atom. The largest absolute Gasteiger partial charge is 0.462 e. The maximum absolute atomic E-state index is 12.2. The average Bonchev–Trinajstić information content (AvgIpc) is 2.47. The van der Waals surface area contributed by atoms with Crippen LogP contribution in [0.1, 0.15) is 29.9 Å². The van der Waals surface area contributed by atoms with Gasteiger partial charge in [-0.1, -0.05) is 18.5 Å². The van der Waals surface area contributed by atoms with E-state index in [1.54, 1.807) is 31.2 Å². The number of hydrogen-bond donors (Lipinski definition) is 1. The fourth-order valence-corrected chi connectivity index (χ4v) is 2.06. The molecule has 0 aliphatic heterocycles. The second kappa shape index (κ2) is 6.54. The van der Waals surface area contributed by atoms with Gasteiger partial charge in [-0.2, -0.15) is 0 Å². The molecule has 2 rings (SSSR count). The van der Waals surface area contributed by atoms with E-state index in [4.69, 9.17) is 16.3 Å². The summed E-state index contributed by atoms with van der Waals surface area (Å²) in [6, 6.07) is 6.93. The highest BCUT2D eigenvalue weighted by Gasteiger charge is 2.19. The van der Waals surface area contributed by atoms with Crippen LogP contribution >= 0.6 is 11.6 Å². The van der Waals surface area contributed by atoms with Crippen molar-refractivity contribution in [2.24, 2.45) is 0 Å². The van der Waals surface area contributed by atoms with Gasteiger partial charge in [-0.15, -0.1) is 0 Å². The van der Waals surface area contributed by atoms with E-state index < -0.39 is 11.5 Å². The van der Waals surface area contributed by atoms with Crippen LogP contribution in [-0.2, 0) is 11.2 Å². The highest BCUT2D eigenvalue weighted by molar-refractivity contribution is 6.30. The zero-order valence-electron chi connectivity index (χ0n) is 11.8. The summed E-state index contributed by atoms with van der Waals surface area (Å²) < 4.78 is 4.90. The van der Waals surface area contributed by atoms with Crippen molar-refractivity contribution in [1.82, 2.24) is 9.97 Å². The number of hydrogen-bond acceptors (Lipinski definition) is 4. The molecule has 1 aromatic carbocycles. The number of aromatic amines is 1. The summed E-state index contributed by atoms with van der Waals surface area (Å²) in [6.07, 6.45) is 0.457. The van der Waals surface area contributed by atoms with Crippen LogP contribution in [0.2, 0.25) is 5.02 Å². The van der Waals surface area contributed by atoms with Crippen LogP contribution in [0.3, 0.4) is 0 Å². The van der Waals surface area contributed by atoms with Gasteiger partial charge in [0.2, 0.25) is 0 Å². The first-order chi connectivity index (χ1) is 10.1. The molecular weight excluding hydrogens is 292 g/mol. The number of H-pyrrole nitrogens is 1. The molecule has 2 aromatic rings. The number of aromatic nitrogens is 2. The van der Waals surface area contributed by atoms with E-state index in [1.807, 2.05) is 6.92 Å². The van der Waals surface area contributed by atoms with Crippen molar-refractivity contribution in [2.45, 2.75) is 20.3 Å². The summed E-state index contributed by atoms with van der Waals surface area (Å²) in [5, 5.41) is 0.597. The SMILES string of the molecule is CCOC(=O)c1c(CC)nc(-c2ccc(Cl)cc2)[nH]c1=O. The molecule has 0 aliphatic carbocycles. The second-order valence-electron chi connectivity index (χ2n) is 4.32. The molecule has 0 atom stereocenters. The number of nitrogens with zero attached hydrogens (tertiary/aromatic N) is 1. The van der Waals surface area contributed by atoms with Gasteiger partial charge in [0.05, 0.1) is 12.3 Å². The first-order valence-corrected chi connectivity index (χ1v) is 7.00. The van der Waals surface area contributed by atoms with Crippen LogP contribution in [0, 0.1) is 0 Å². The van der Waals surface area contributed by atoms with Crippen LogP contribution in [0.5, 0.6) is 0 Å². The van der Waals surface area contributed by atoms with Crippen LogP contribution < -0.4 is 5.56 Å². The Kier molecular flexibility index (Phi) is 4.75. The van der Waals surface area contributed by atoms with Crippen molar-refractivity contribution < 1.29 is 9.53 Å². The molecule has 6 heteroatoms. The Morgan fingerprint density at radius 2 is 1.95 bits per heavy atom. The summed E-state index contributed by atoms with van der Waals surface area (Å²) in [5.41, 5.74) is 0.617. The number of halogens is 1. The zero-order valence-corrected chi connectivity index (χ0v) is 12.5. The minimum atomic E-state index is -0.647. The molecule has 0 spiro atoms. The molecule has 1 heterocycles. The minimum absolute atomic E-state index is 0.0305. The summed E-state index contributed by atoms with van der Waals surface area (Å²) in [7, 11) is 0. The second-order valence-corrected chi connectivity index (χ2v) is 4.75. The third kappa shape index (κ3) is 3.31. The number of benzene rings is 1. The van der Waals surface area contributed by atoms with E-state index in [0.29, 0.717) is 23.0 Å². The highest BCUT2D eigenvalue weighted by atomic mass is 35.5. The number of esters is 1. The summed E-state index contributed by atoms with van der Waals surface area (Å²) in [4.78, 5) is 31.0. The van der Waals surface area contributed by atoms with Gasteiger partial charge in [-0.25, -0.2) is 9.78 Å². The molecule has 0 radical (unpaired) electrons. The quantitative estimate of drug-likeness (QED) is 0.882. The van der Waals surface area contributed by atoms with Gasteiger partial charge in [0.25, 0.3) is 5.56 Å². The lowest BCUT2D eigenvalue weighted by Gasteiger charge is -2.08. The predicted molar refractivity (Wildman–Crippen MR) is 80.6 cm³/mol. The smallest absolute Gasteiger partial charge is 0.345 e. The summed E-state index contributed by atoms with van der Waals surface area (Å²) in [6.45, 7) is 3.73. The third-order valence-electron chi connectivity index (χ3n) is 2.93. The van der Waals surface area contributed by atoms with Gasteiger partial charge >= 0.3 is 5.97 Å². The predicted octanol–water partition coefficient (Wildman–Crippen LogP) is 2.83. The lowest BCUT2D eigenvalue weighted by molar-refractivity contribution is 0.0522. The molecule has 110 valence electrons. The van der Waals surface area contributed by atoms with Crippen molar-refractivity contribution in [3.8, 4) is 11.4 Å². The molecule has 0 aliphatic rings. The number of rotatable bonds is 4. The lowest BCUT2D eigenvalue weighted by atomic mass is 10.1. The monoisotopic (exact) mass is 306 g/mol. The zero-order chi connectivity index (χ0) is 15.4. The standard InChI is InChI=1S/C15H15ClN2O3/c1-3-11-12(15(20)21-4-2)14(19)18-13(17-11)9-5-7-10(16)8-6-9/h5-8H,3-4H2,1-2H3,(H,17,18,19). The molecule has 5 nitrogen and oxygen atoms in total. The Hall–Kier alpha value is -2.14. The Balaban J connectivity index is 2.53. The van der Waals surface area contributed by atoms with Crippen molar-refractivity contribution in [3.63, 3.8) is 0 Å². The molecular formula is C15H15ClN2O3. The van der Waals surface area contributed by atoms with Gasteiger partial charge in [0, 0.05) is 10.6 Å². The number of aryl methyl sites for hydroxylation is 1. The van der Waals surface area contributed by atoms with Gasteiger partial charge in [0.15, 0.2) is 0 Å². The van der Waals surface area contributed by atoms with Crippen molar-refractivity contribution >= 4 is 17.6 Å². The number of nitrogens with one attached hydrogen (secondary N) is 1. The molecule has 1 aromatic heterocycles. The Morgan fingerprint density at radius 3 is 2.52 bits per heavy atom. The first kappa shape index (κ1) is 15.3. The van der Waals surface area contributed by atoms with Gasteiger partial charge < -0.3 is 9.72 Å². The number of carbonyl (C=O) groups excluding carboxylic acids is 1. The molecule has 0 fully saturated rings. The molecule has 0 saturated carbocycles. The minimum Gasteiger partial charge on any atom is -0.462 e. The van der Waals surface area contributed by atoms with Crippen LogP contribution in [-0.4, -0.2) is 22.5 Å². The summed E-state index contributed by atoms with van der Waals surface area (Å²) >= 11 is 5.84. The molecule has 1 N–H and O–H groups in total. The molecule has 0 bridgehead atoms. The Labute approximate surface area is 126 Å². The molecule has 21 heavy (non-hydrogen) atoms. The van der Waals surface area contributed by atoms with E-state index in [2.05, 4.69) is 9.97 Å². The number of carbonyl (C=O) groups is 1. The maximum Gasteiger partial charge on any atom is 0.345 e. The van der Waals surface area contributed by atoms with Gasteiger partial charge in [-0.3, -0.25) is 4.79 Å². The van der Waals surface area contributed by atoms with E-state index in [1.165, 1.54) is 0 Å². The van der Waals surface area contributed by atoms with Crippen molar-refractivity contribution in [1.29, 1.82) is 0 Å². The van der Waals surface area contributed by atoms with Crippen molar-refractivity contribution in [3.05, 3.63) is 50.9 Å². The molecule has 0 amide bonds. The Bertz CT molecular complexity index is 708. The van der Waals surface area contributed by atoms with Crippen LogP contribution in [0.25, 0.3) is 11.4 Å². The maximum atomic E-state index is 12.2. The fourth-order valence-electron chi connectivity index (χ4n) is 1.93. The van der Waals surface area contributed by atoms with E-state index in [0.717, 1.165) is 5.56 Å². The van der Waals surface area contributed by atoms with Crippen LogP contribution in [0.15, 0.2) is 29.1 Å². The normalized spacial score (nSPS) is 10.4. The third-order valence-corrected chi connectivity index (χ3v) is 3.18. The van der Waals surface area contributed by atoms with E-state index in [-0.39, 0.29) is 12.2 Å². The average molecular weight is 307 g/mol. The lowest BCUT2D eigenvalue weighted by Crippen LogP contribution is -2.24. The topological polar surface area (TPSA) is 72.0 Å². The number of ether oxygens (including phenoxy) is 1. The fraction of sp³-hybridized carbons (Fsp3) is 0.267.